The molecule has 0 bridgehead atoms. The number of hydrogen-bond donors (Lipinski definition) is 0. The second-order valence-corrected chi connectivity index (χ2v) is 5.48. The van der Waals surface area contributed by atoms with Crippen LogP contribution in [0.4, 0.5) is 0 Å². The predicted molar refractivity (Wildman–Crippen MR) is 74.8 cm³/mol. The van der Waals surface area contributed by atoms with Gasteiger partial charge in [0, 0.05) is 5.33 Å². The first-order valence-electron chi connectivity index (χ1n) is 6.91. The van der Waals surface area contributed by atoms with Crippen molar-refractivity contribution in [3.8, 4) is 0 Å². The van der Waals surface area contributed by atoms with Crippen LogP contribution >= 0.6 is 15.9 Å². The van der Waals surface area contributed by atoms with Crippen molar-refractivity contribution in [2.24, 2.45) is 5.92 Å². The molecule has 0 N–H and O–H groups in total. The fourth-order valence-corrected chi connectivity index (χ4v) is 2.49. The molecule has 0 amide bonds. The molecule has 0 aliphatic rings. The normalized spacial score (nSPS) is 11.2. The van der Waals surface area contributed by atoms with E-state index in [4.69, 9.17) is 0 Å². The molecule has 0 aliphatic heterocycles. The van der Waals surface area contributed by atoms with Gasteiger partial charge in [0.1, 0.15) is 0 Å². The summed E-state index contributed by atoms with van der Waals surface area (Å²) in [4.78, 5) is 0. The average Bonchev–Trinajstić information content (AvgIpc) is 2.25. The van der Waals surface area contributed by atoms with Gasteiger partial charge in [-0.15, -0.1) is 0 Å². The quantitative estimate of drug-likeness (QED) is 0.324. The molecule has 0 aromatic carbocycles. The standard InChI is InChI=1S/C14H29Br/c1-3-5-7-10-14(12-9-13-15)11-8-6-4-2/h14H,3-13H2,1-2H3. The second-order valence-electron chi connectivity index (χ2n) is 4.69. The van der Waals surface area contributed by atoms with Crippen LogP contribution in [0.5, 0.6) is 0 Å². The summed E-state index contributed by atoms with van der Waals surface area (Å²) in [6, 6.07) is 0. The zero-order valence-electron chi connectivity index (χ0n) is 10.7. The molecule has 0 fully saturated rings. The van der Waals surface area contributed by atoms with Gasteiger partial charge in [0.25, 0.3) is 0 Å². The highest BCUT2D eigenvalue weighted by molar-refractivity contribution is 9.09. The van der Waals surface area contributed by atoms with Crippen molar-refractivity contribution >= 4 is 15.9 Å². The van der Waals surface area contributed by atoms with E-state index < -0.39 is 0 Å². The molecule has 92 valence electrons. The van der Waals surface area contributed by atoms with Gasteiger partial charge in [-0.3, -0.25) is 0 Å². The summed E-state index contributed by atoms with van der Waals surface area (Å²) in [6.45, 7) is 4.59. The summed E-state index contributed by atoms with van der Waals surface area (Å²) in [5.74, 6) is 1.01. The molecule has 0 nitrogen and oxygen atoms in total. The van der Waals surface area contributed by atoms with Crippen LogP contribution in [0.15, 0.2) is 0 Å². The molecule has 0 saturated heterocycles. The monoisotopic (exact) mass is 276 g/mol. The lowest BCUT2D eigenvalue weighted by Crippen LogP contribution is -2.01. The minimum atomic E-state index is 1.01. The van der Waals surface area contributed by atoms with Crippen LogP contribution in [0.2, 0.25) is 0 Å². The Labute approximate surface area is 105 Å². The lowest BCUT2D eigenvalue weighted by Gasteiger charge is -2.15. The highest BCUT2D eigenvalue weighted by Gasteiger charge is 2.07. The molecule has 0 aromatic heterocycles. The highest BCUT2D eigenvalue weighted by atomic mass is 79.9. The van der Waals surface area contributed by atoms with Crippen molar-refractivity contribution in [3.63, 3.8) is 0 Å². The Morgan fingerprint density at radius 2 is 1.20 bits per heavy atom. The maximum absolute atomic E-state index is 3.54. The summed E-state index contributed by atoms with van der Waals surface area (Å²) in [7, 11) is 0. The van der Waals surface area contributed by atoms with E-state index >= 15 is 0 Å². The Balaban J connectivity index is 3.53. The highest BCUT2D eigenvalue weighted by Crippen LogP contribution is 2.22. The number of unbranched alkanes of at least 4 members (excludes halogenated alkanes) is 4. The van der Waals surface area contributed by atoms with Crippen LogP contribution in [0, 0.1) is 5.92 Å². The van der Waals surface area contributed by atoms with E-state index in [1.54, 1.807) is 0 Å². The molecule has 0 saturated carbocycles. The van der Waals surface area contributed by atoms with E-state index in [9.17, 15) is 0 Å². The Kier molecular flexibility index (Phi) is 13.0. The minimum Gasteiger partial charge on any atom is -0.0928 e. The van der Waals surface area contributed by atoms with Crippen molar-refractivity contribution in [1.82, 2.24) is 0 Å². The molecule has 15 heavy (non-hydrogen) atoms. The first kappa shape index (κ1) is 15.5. The Morgan fingerprint density at radius 3 is 1.60 bits per heavy atom. The fraction of sp³-hybridized carbons (Fsp3) is 1.00. The zero-order valence-corrected chi connectivity index (χ0v) is 12.3. The third-order valence-corrected chi connectivity index (χ3v) is 3.74. The maximum atomic E-state index is 3.54. The van der Waals surface area contributed by atoms with Crippen LogP contribution in [-0.4, -0.2) is 5.33 Å². The Hall–Kier alpha value is 0.480. The maximum Gasteiger partial charge on any atom is 0.00314 e. The van der Waals surface area contributed by atoms with Crippen LogP contribution in [0.1, 0.15) is 78.1 Å². The van der Waals surface area contributed by atoms with E-state index in [0.29, 0.717) is 0 Å². The largest absolute Gasteiger partial charge is 0.0928 e. The summed E-state index contributed by atoms with van der Waals surface area (Å²) in [6.07, 6.45) is 14.2. The number of alkyl halides is 1. The van der Waals surface area contributed by atoms with Crippen molar-refractivity contribution < 1.29 is 0 Å². The van der Waals surface area contributed by atoms with E-state index in [2.05, 4.69) is 29.8 Å². The first-order valence-corrected chi connectivity index (χ1v) is 8.03. The molecule has 0 aliphatic carbocycles. The van der Waals surface area contributed by atoms with E-state index in [1.165, 1.54) is 69.5 Å². The summed E-state index contributed by atoms with van der Waals surface area (Å²) in [5, 5.41) is 1.19. The third kappa shape index (κ3) is 10.8. The number of rotatable bonds is 11. The van der Waals surface area contributed by atoms with Crippen molar-refractivity contribution in [1.29, 1.82) is 0 Å². The molecule has 0 spiro atoms. The van der Waals surface area contributed by atoms with Crippen molar-refractivity contribution in [2.75, 3.05) is 5.33 Å². The van der Waals surface area contributed by atoms with Crippen LogP contribution in [0.25, 0.3) is 0 Å². The van der Waals surface area contributed by atoms with Gasteiger partial charge in [-0.05, 0) is 18.8 Å². The van der Waals surface area contributed by atoms with E-state index in [-0.39, 0.29) is 0 Å². The molecule has 0 aromatic rings. The molecule has 0 atom stereocenters. The third-order valence-electron chi connectivity index (χ3n) is 3.18. The van der Waals surface area contributed by atoms with Gasteiger partial charge in [-0.2, -0.15) is 0 Å². The second kappa shape index (κ2) is 12.5. The van der Waals surface area contributed by atoms with Crippen LogP contribution < -0.4 is 0 Å². The summed E-state index contributed by atoms with van der Waals surface area (Å²) < 4.78 is 0. The predicted octanol–water partition coefficient (Wildman–Crippen LogP) is 5.94. The van der Waals surface area contributed by atoms with Gasteiger partial charge in [0.15, 0.2) is 0 Å². The molecular weight excluding hydrogens is 248 g/mol. The smallest absolute Gasteiger partial charge is 0.00314 e. The molecule has 0 unspecified atom stereocenters. The van der Waals surface area contributed by atoms with Gasteiger partial charge >= 0.3 is 0 Å². The average molecular weight is 277 g/mol. The van der Waals surface area contributed by atoms with Crippen molar-refractivity contribution in [3.05, 3.63) is 0 Å². The minimum absolute atomic E-state index is 1.01. The number of hydrogen-bond acceptors (Lipinski definition) is 0. The van der Waals surface area contributed by atoms with Crippen LogP contribution in [0.3, 0.4) is 0 Å². The SMILES string of the molecule is CCCCCC(CCCBr)CCCCC. The summed E-state index contributed by atoms with van der Waals surface area (Å²) in [5.41, 5.74) is 0. The van der Waals surface area contributed by atoms with Gasteiger partial charge in [-0.1, -0.05) is 81.1 Å². The van der Waals surface area contributed by atoms with Crippen molar-refractivity contribution in [2.45, 2.75) is 78.1 Å². The van der Waals surface area contributed by atoms with Gasteiger partial charge in [0.2, 0.25) is 0 Å². The molecule has 0 rings (SSSR count). The summed E-state index contributed by atoms with van der Waals surface area (Å²) >= 11 is 3.54. The fourth-order valence-electron chi connectivity index (χ4n) is 2.16. The topological polar surface area (TPSA) is 0 Å². The first-order chi connectivity index (χ1) is 7.35. The Morgan fingerprint density at radius 1 is 0.733 bits per heavy atom. The lowest BCUT2D eigenvalue weighted by atomic mass is 9.91. The van der Waals surface area contributed by atoms with Gasteiger partial charge in [0.05, 0.1) is 0 Å². The zero-order chi connectivity index (χ0) is 11.4. The number of halogens is 1. The lowest BCUT2D eigenvalue weighted by molar-refractivity contribution is 0.384. The van der Waals surface area contributed by atoms with E-state index in [0.717, 1.165) is 5.92 Å². The van der Waals surface area contributed by atoms with Crippen LogP contribution in [-0.2, 0) is 0 Å². The van der Waals surface area contributed by atoms with Gasteiger partial charge in [-0.25, -0.2) is 0 Å². The molecule has 0 radical (unpaired) electrons. The van der Waals surface area contributed by atoms with E-state index in [1.807, 2.05) is 0 Å². The van der Waals surface area contributed by atoms with Gasteiger partial charge < -0.3 is 0 Å². The Bertz CT molecular complexity index is 102. The molecule has 0 heterocycles. The molecular formula is C14H29Br. The molecule has 1 heteroatoms.